The van der Waals surface area contributed by atoms with Crippen LogP contribution in [0.2, 0.25) is 0 Å². The number of aromatic nitrogens is 3. The Hall–Kier alpha value is -3.66. The zero-order chi connectivity index (χ0) is 21.8. The van der Waals surface area contributed by atoms with Crippen molar-refractivity contribution in [3.05, 3.63) is 115 Å². The summed E-state index contributed by atoms with van der Waals surface area (Å²) in [6.45, 7) is 2.03. The van der Waals surface area contributed by atoms with E-state index < -0.39 is 0 Å². The minimum absolute atomic E-state index is 0. The molecule has 1 radical (unpaired) electrons. The van der Waals surface area contributed by atoms with Gasteiger partial charge in [0, 0.05) is 44.1 Å². The molecule has 4 nitrogen and oxygen atoms in total. The maximum atomic E-state index is 5.86. The second-order valence-corrected chi connectivity index (χ2v) is 7.27. The summed E-state index contributed by atoms with van der Waals surface area (Å²) in [7, 11) is 0. The molecular weight excluding hydrogens is 587 g/mol. The van der Waals surface area contributed by atoms with Crippen LogP contribution < -0.4 is 0 Å². The third-order valence-electron chi connectivity index (χ3n) is 5.03. The molecule has 0 saturated heterocycles. The van der Waals surface area contributed by atoms with Crippen LogP contribution in [0.15, 0.2) is 102 Å². The molecule has 0 atom stereocenters. The first-order valence-electron chi connectivity index (χ1n) is 10.3. The number of aryl methyl sites for hydroxylation is 1. The zero-order valence-electron chi connectivity index (χ0n) is 17.8. The van der Waals surface area contributed by atoms with E-state index in [1.807, 2.05) is 85.9 Å². The Labute approximate surface area is 205 Å². The van der Waals surface area contributed by atoms with Crippen molar-refractivity contribution in [2.45, 2.75) is 6.92 Å². The van der Waals surface area contributed by atoms with Crippen LogP contribution in [0.25, 0.3) is 44.6 Å². The fourth-order valence-corrected chi connectivity index (χ4v) is 3.46. The van der Waals surface area contributed by atoms with Crippen molar-refractivity contribution >= 4 is 22.1 Å². The molecule has 6 rings (SSSR count). The third-order valence-corrected chi connectivity index (χ3v) is 5.03. The molecule has 5 heteroatoms. The van der Waals surface area contributed by atoms with Crippen LogP contribution in [0.5, 0.6) is 0 Å². The second-order valence-electron chi connectivity index (χ2n) is 7.27. The predicted octanol–water partition coefficient (Wildman–Crippen LogP) is 6.70. The summed E-state index contributed by atoms with van der Waals surface area (Å²) >= 11 is 0. The third kappa shape index (κ3) is 4.90. The number of hydrogen-bond acceptors (Lipinski definition) is 4. The van der Waals surface area contributed by atoms with Gasteiger partial charge in [0.1, 0.15) is 0 Å². The molecule has 0 amide bonds. The molecule has 2 aromatic carbocycles. The smallest absolute Gasteiger partial charge is 0.216 e. The Morgan fingerprint density at radius 2 is 1.58 bits per heavy atom. The van der Waals surface area contributed by atoms with Gasteiger partial charge >= 0.3 is 0 Å². The Bertz CT molecular complexity index is 1460. The first-order valence-corrected chi connectivity index (χ1v) is 10.3. The molecule has 0 spiro atoms. The number of nitrogens with zero attached hydrogens (tertiary/aromatic N) is 3. The molecule has 0 N–H and O–H groups in total. The van der Waals surface area contributed by atoms with Gasteiger partial charge in [0.15, 0.2) is 0 Å². The van der Waals surface area contributed by atoms with E-state index in [1.165, 1.54) is 5.56 Å². The molecular formula is C28H19IrN3O-2. The fourth-order valence-electron chi connectivity index (χ4n) is 3.46. The van der Waals surface area contributed by atoms with Crippen molar-refractivity contribution in [3.63, 3.8) is 0 Å². The van der Waals surface area contributed by atoms with E-state index >= 15 is 0 Å². The Kier molecular flexibility index (Phi) is 7.04. The van der Waals surface area contributed by atoms with Gasteiger partial charge in [-0.2, -0.15) is 0 Å². The molecule has 0 aliphatic rings. The molecule has 33 heavy (non-hydrogen) atoms. The Balaban J connectivity index is 0.000000164. The topological polar surface area (TPSA) is 51.8 Å². The summed E-state index contributed by atoms with van der Waals surface area (Å²) in [5, 5.41) is 2.06. The van der Waals surface area contributed by atoms with Crippen molar-refractivity contribution in [2.24, 2.45) is 0 Å². The monoisotopic (exact) mass is 606 g/mol. The van der Waals surface area contributed by atoms with Crippen molar-refractivity contribution in [1.29, 1.82) is 0 Å². The van der Waals surface area contributed by atoms with E-state index in [2.05, 4.69) is 33.2 Å². The van der Waals surface area contributed by atoms with Crippen molar-refractivity contribution in [1.82, 2.24) is 15.0 Å². The van der Waals surface area contributed by atoms with Crippen LogP contribution in [-0.2, 0) is 20.1 Å². The van der Waals surface area contributed by atoms with Gasteiger partial charge in [0.05, 0.1) is 5.58 Å². The maximum absolute atomic E-state index is 5.86. The van der Waals surface area contributed by atoms with Crippen LogP contribution in [0.1, 0.15) is 5.56 Å². The number of rotatable bonds is 2. The summed E-state index contributed by atoms with van der Waals surface area (Å²) in [5.41, 5.74) is 6.36. The number of fused-ring (bicyclic) bond motifs is 3. The van der Waals surface area contributed by atoms with Crippen LogP contribution in [0.4, 0.5) is 0 Å². The minimum atomic E-state index is 0. The molecule has 4 aromatic heterocycles. The molecule has 0 fully saturated rings. The second kappa shape index (κ2) is 10.3. The molecule has 0 saturated carbocycles. The molecule has 0 aliphatic heterocycles. The van der Waals surface area contributed by atoms with Crippen LogP contribution in [-0.4, -0.2) is 15.0 Å². The Morgan fingerprint density at radius 3 is 2.33 bits per heavy atom. The van der Waals surface area contributed by atoms with E-state index in [0.29, 0.717) is 5.71 Å². The molecule has 6 aromatic rings. The normalized spacial score (nSPS) is 10.3. The number of pyridine rings is 3. The number of benzene rings is 2. The van der Waals surface area contributed by atoms with Gasteiger partial charge in [-0.25, -0.2) is 4.98 Å². The van der Waals surface area contributed by atoms with Crippen molar-refractivity contribution in [3.8, 4) is 22.5 Å². The van der Waals surface area contributed by atoms with Gasteiger partial charge in [-0.05, 0) is 42.1 Å². The summed E-state index contributed by atoms with van der Waals surface area (Å²) in [6.07, 6.45) is 5.37. The fraction of sp³-hybridized carbons (Fsp3) is 0.0357. The predicted molar refractivity (Wildman–Crippen MR) is 127 cm³/mol. The maximum Gasteiger partial charge on any atom is 0.216 e. The average molecular weight is 606 g/mol. The summed E-state index contributed by atoms with van der Waals surface area (Å²) < 4.78 is 5.86. The summed E-state index contributed by atoms with van der Waals surface area (Å²) in [5.74, 6) is 0. The van der Waals surface area contributed by atoms with E-state index in [-0.39, 0.29) is 20.1 Å². The number of hydrogen-bond donors (Lipinski definition) is 0. The van der Waals surface area contributed by atoms with Gasteiger partial charge in [-0.15, -0.1) is 54.1 Å². The first kappa shape index (κ1) is 22.5. The first-order chi connectivity index (χ1) is 15.8. The molecule has 0 bridgehead atoms. The molecule has 4 heterocycles. The molecule has 0 unspecified atom stereocenters. The minimum Gasteiger partial charge on any atom is -0.486 e. The van der Waals surface area contributed by atoms with Gasteiger partial charge in [-0.1, -0.05) is 35.2 Å². The molecule has 163 valence electrons. The van der Waals surface area contributed by atoms with Gasteiger partial charge < -0.3 is 14.4 Å². The van der Waals surface area contributed by atoms with Crippen LogP contribution in [0.3, 0.4) is 0 Å². The SMILES string of the molecule is Cc1ccc(-c2[c-]cccc2)nc1.[Ir].[c-]1ccc2c(oc3ncccc32)c1-c1ccccn1. The zero-order valence-corrected chi connectivity index (χ0v) is 20.2. The largest absolute Gasteiger partial charge is 0.486 e. The van der Waals surface area contributed by atoms with Gasteiger partial charge in [0.2, 0.25) is 5.71 Å². The average Bonchev–Trinajstić information content (AvgIpc) is 3.25. The van der Waals surface area contributed by atoms with Gasteiger partial charge in [0.25, 0.3) is 0 Å². The van der Waals surface area contributed by atoms with Crippen LogP contribution >= 0.6 is 0 Å². The number of furan rings is 1. The summed E-state index contributed by atoms with van der Waals surface area (Å²) in [4.78, 5) is 12.9. The van der Waals surface area contributed by atoms with Crippen LogP contribution in [0, 0.1) is 19.1 Å². The quantitative estimate of drug-likeness (QED) is 0.206. The summed E-state index contributed by atoms with van der Waals surface area (Å²) in [6, 6.07) is 31.9. The van der Waals surface area contributed by atoms with Crippen molar-refractivity contribution in [2.75, 3.05) is 0 Å². The van der Waals surface area contributed by atoms with Crippen molar-refractivity contribution < 1.29 is 24.5 Å². The van der Waals surface area contributed by atoms with E-state index in [9.17, 15) is 0 Å². The van der Waals surface area contributed by atoms with E-state index in [0.717, 1.165) is 38.9 Å². The molecule has 0 aliphatic carbocycles. The standard InChI is InChI=1S/C16H9N2O.C12H10N.Ir/c1-2-9-17-14(8-1)13-6-3-5-11-12-7-4-10-18-16(12)19-15(11)13;1-10-7-8-12(13-9-10)11-5-3-2-4-6-11;/h1-5,7-10H;2-5,7-9H,1H3;/q2*-1;. The Morgan fingerprint density at radius 1 is 0.697 bits per heavy atom. The van der Waals surface area contributed by atoms with Gasteiger partial charge in [-0.3, -0.25) is 0 Å². The van der Waals surface area contributed by atoms with E-state index in [4.69, 9.17) is 4.42 Å². The van der Waals surface area contributed by atoms with E-state index in [1.54, 1.807) is 12.4 Å².